The summed E-state index contributed by atoms with van der Waals surface area (Å²) in [4.78, 5) is 12.9. The van der Waals surface area contributed by atoms with Crippen LogP contribution in [0.15, 0.2) is 57.8 Å². The second-order valence-electron chi connectivity index (χ2n) is 8.21. The molecule has 3 aromatic rings. The van der Waals surface area contributed by atoms with Gasteiger partial charge in [0.2, 0.25) is 15.2 Å². The highest BCUT2D eigenvalue weighted by molar-refractivity contribution is 8.00. The number of ketones is 1. The van der Waals surface area contributed by atoms with Crippen LogP contribution in [-0.2, 0) is 15.8 Å². The van der Waals surface area contributed by atoms with E-state index in [2.05, 4.69) is 34.6 Å². The fourth-order valence-corrected chi connectivity index (χ4v) is 7.16. The number of Topliss-reactive ketones (excluding diaryl/α,β-unsaturated/α-hetero) is 1. The van der Waals surface area contributed by atoms with E-state index in [1.807, 2.05) is 12.1 Å². The number of benzene rings is 2. The van der Waals surface area contributed by atoms with Crippen LogP contribution in [0.5, 0.6) is 0 Å². The van der Waals surface area contributed by atoms with E-state index in [-0.39, 0.29) is 17.2 Å². The van der Waals surface area contributed by atoms with Crippen molar-refractivity contribution in [1.82, 2.24) is 14.5 Å². The molecule has 0 spiro atoms. The van der Waals surface area contributed by atoms with Crippen molar-refractivity contribution in [2.45, 2.75) is 47.6 Å². The summed E-state index contributed by atoms with van der Waals surface area (Å²) in [5.74, 6) is 0.607. The Hall–Kier alpha value is -2.27. The van der Waals surface area contributed by atoms with Gasteiger partial charge in [0.15, 0.2) is 10.1 Å². The predicted molar refractivity (Wildman–Crippen MR) is 137 cm³/mol. The Morgan fingerprint density at radius 2 is 1.82 bits per heavy atom. The fourth-order valence-electron chi connectivity index (χ4n) is 3.77. The number of nitrogens with one attached hydrogen (secondary N) is 1. The van der Waals surface area contributed by atoms with Gasteiger partial charge < -0.3 is 5.32 Å². The average Bonchev–Trinajstić information content (AvgIpc) is 3.11. The minimum absolute atomic E-state index is 0.0182. The molecule has 34 heavy (non-hydrogen) atoms. The van der Waals surface area contributed by atoms with E-state index in [1.54, 1.807) is 34.3 Å². The van der Waals surface area contributed by atoms with Gasteiger partial charge in [-0.1, -0.05) is 72.3 Å². The standard InChI is InChI=1S/C24H28N4O3S3/c1-18-9-4-5-10-20(18)17-32-24-27-26-23(33-24)25-16-22(29)19-11-8-12-21(15-19)34(30,31)28-13-6-2-3-7-14-28/h4-5,8-12,15H,2-3,6-7,13-14,16-17H2,1H3,(H,25,26). The third-order valence-corrected chi connectivity index (χ3v) is 9.74. The van der Waals surface area contributed by atoms with Gasteiger partial charge in [-0.2, -0.15) is 4.31 Å². The monoisotopic (exact) mass is 516 g/mol. The van der Waals surface area contributed by atoms with Crippen molar-refractivity contribution in [1.29, 1.82) is 0 Å². The number of hydrogen-bond donors (Lipinski definition) is 1. The first-order valence-electron chi connectivity index (χ1n) is 11.3. The second kappa shape index (κ2) is 11.4. The van der Waals surface area contributed by atoms with Crippen LogP contribution >= 0.6 is 23.1 Å². The first-order valence-corrected chi connectivity index (χ1v) is 14.6. The lowest BCUT2D eigenvalue weighted by Crippen LogP contribution is -2.32. The van der Waals surface area contributed by atoms with Crippen LogP contribution in [0.2, 0.25) is 0 Å². The number of thioether (sulfide) groups is 1. The highest BCUT2D eigenvalue weighted by Crippen LogP contribution is 2.29. The van der Waals surface area contributed by atoms with Gasteiger partial charge in [-0.05, 0) is 43.0 Å². The SMILES string of the molecule is Cc1ccccc1CSc1nnc(NCC(=O)c2cccc(S(=O)(=O)N3CCCCCC3)c2)s1. The largest absolute Gasteiger partial charge is 0.353 e. The summed E-state index contributed by atoms with van der Waals surface area (Å²) in [6.45, 7) is 3.17. The molecule has 0 radical (unpaired) electrons. The molecule has 0 amide bonds. The molecule has 1 aliphatic rings. The summed E-state index contributed by atoms with van der Waals surface area (Å²) >= 11 is 3.01. The van der Waals surface area contributed by atoms with Crippen molar-refractivity contribution in [3.05, 3.63) is 65.2 Å². The normalized spacial score (nSPS) is 15.1. The molecule has 2 heterocycles. The Morgan fingerprint density at radius 3 is 2.59 bits per heavy atom. The van der Waals surface area contributed by atoms with Gasteiger partial charge >= 0.3 is 0 Å². The van der Waals surface area contributed by atoms with Gasteiger partial charge in [-0.25, -0.2) is 8.42 Å². The zero-order valence-electron chi connectivity index (χ0n) is 19.1. The predicted octanol–water partition coefficient (Wildman–Crippen LogP) is 5.00. The first kappa shape index (κ1) is 24.8. The van der Waals surface area contributed by atoms with Gasteiger partial charge in [0.25, 0.3) is 0 Å². The molecule has 7 nitrogen and oxygen atoms in total. The van der Waals surface area contributed by atoms with Crippen LogP contribution in [0.4, 0.5) is 5.13 Å². The molecule has 10 heteroatoms. The van der Waals surface area contributed by atoms with E-state index in [0.29, 0.717) is 23.8 Å². The van der Waals surface area contributed by atoms with Crippen molar-refractivity contribution >= 4 is 44.0 Å². The third-order valence-electron chi connectivity index (χ3n) is 5.78. The molecule has 0 bridgehead atoms. The highest BCUT2D eigenvalue weighted by Gasteiger charge is 2.25. The van der Waals surface area contributed by atoms with Crippen LogP contribution in [-0.4, -0.2) is 48.3 Å². The lowest BCUT2D eigenvalue weighted by atomic mass is 10.1. The molecule has 180 valence electrons. The maximum atomic E-state index is 13.1. The quantitative estimate of drug-likeness (QED) is 0.316. The molecular formula is C24H28N4O3S3. The minimum atomic E-state index is -3.60. The fraction of sp³-hybridized carbons (Fsp3) is 0.375. The number of hydrogen-bond acceptors (Lipinski definition) is 8. The van der Waals surface area contributed by atoms with Crippen LogP contribution in [0.25, 0.3) is 0 Å². The number of aryl methyl sites for hydroxylation is 1. The zero-order valence-corrected chi connectivity index (χ0v) is 21.5. The van der Waals surface area contributed by atoms with E-state index in [0.717, 1.165) is 35.8 Å². The molecule has 4 rings (SSSR count). The molecule has 0 saturated carbocycles. The van der Waals surface area contributed by atoms with Crippen molar-refractivity contribution < 1.29 is 13.2 Å². The molecular weight excluding hydrogens is 488 g/mol. The lowest BCUT2D eigenvalue weighted by molar-refractivity contribution is 0.101. The third kappa shape index (κ3) is 6.24. The van der Waals surface area contributed by atoms with Gasteiger partial charge in [0.05, 0.1) is 11.4 Å². The van der Waals surface area contributed by atoms with Crippen molar-refractivity contribution in [2.75, 3.05) is 25.0 Å². The van der Waals surface area contributed by atoms with Crippen molar-refractivity contribution in [3.8, 4) is 0 Å². The van der Waals surface area contributed by atoms with E-state index >= 15 is 0 Å². The molecule has 2 aromatic carbocycles. The van der Waals surface area contributed by atoms with Gasteiger partial charge in [0.1, 0.15) is 0 Å². The number of anilines is 1. The first-order chi connectivity index (χ1) is 16.4. The van der Waals surface area contributed by atoms with Crippen LogP contribution in [0.3, 0.4) is 0 Å². The Morgan fingerprint density at radius 1 is 1.06 bits per heavy atom. The summed E-state index contributed by atoms with van der Waals surface area (Å²) in [6.07, 6.45) is 3.84. The summed E-state index contributed by atoms with van der Waals surface area (Å²) < 4.78 is 28.5. The van der Waals surface area contributed by atoms with Crippen molar-refractivity contribution in [2.24, 2.45) is 0 Å². The van der Waals surface area contributed by atoms with E-state index in [4.69, 9.17) is 0 Å². The number of rotatable bonds is 9. The van der Waals surface area contributed by atoms with Gasteiger partial charge in [-0.15, -0.1) is 10.2 Å². The van der Waals surface area contributed by atoms with Crippen molar-refractivity contribution in [3.63, 3.8) is 0 Å². The second-order valence-corrected chi connectivity index (χ2v) is 12.3. The number of carbonyl (C=O) groups excluding carboxylic acids is 1. The number of nitrogens with zero attached hydrogens (tertiary/aromatic N) is 3. The maximum absolute atomic E-state index is 13.1. The van der Waals surface area contributed by atoms with E-state index < -0.39 is 10.0 Å². The topological polar surface area (TPSA) is 92.3 Å². The summed E-state index contributed by atoms with van der Waals surface area (Å²) in [5.41, 5.74) is 2.85. The van der Waals surface area contributed by atoms with E-state index in [1.165, 1.54) is 28.5 Å². The van der Waals surface area contributed by atoms with Crippen LogP contribution in [0, 0.1) is 6.92 Å². The van der Waals surface area contributed by atoms with Gasteiger partial charge in [0, 0.05) is 24.4 Å². The summed E-state index contributed by atoms with van der Waals surface area (Å²) in [7, 11) is -3.60. The minimum Gasteiger partial charge on any atom is -0.353 e. The molecule has 1 N–H and O–H groups in total. The molecule has 1 aliphatic heterocycles. The molecule has 1 aromatic heterocycles. The Kier molecular flexibility index (Phi) is 8.36. The number of sulfonamides is 1. The average molecular weight is 517 g/mol. The molecule has 0 unspecified atom stereocenters. The smallest absolute Gasteiger partial charge is 0.243 e. The van der Waals surface area contributed by atoms with E-state index in [9.17, 15) is 13.2 Å². The molecule has 1 fully saturated rings. The Balaban J connectivity index is 1.35. The summed E-state index contributed by atoms with van der Waals surface area (Å²) in [5, 5.41) is 11.9. The molecule has 0 aliphatic carbocycles. The molecule has 1 saturated heterocycles. The van der Waals surface area contributed by atoms with Gasteiger partial charge in [-0.3, -0.25) is 4.79 Å². The summed E-state index contributed by atoms with van der Waals surface area (Å²) in [6, 6.07) is 14.5. The molecule has 0 atom stereocenters. The highest BCUT2D eigenvalue weighted by atomic mass is 32.2. The lowest BCUT2D eigenvalue weighted by Gasteiger charge is -2.20. The van der Waals surface area contributed by atoms with Crippen LogP contribution in [0.1, 0.15) is 47.2 Å². The Bertz CT molecular complexity index is 1240. The number of aromatic nitrogens is 2. The zero-order chi connectivity index (χ0) is 24.0. The number of carbonyl (C=O) groups is 1. The Labute approximate surface area is 209 Å². The maximum Gasteiger partial charge on any atom is 0.243 e. The van der Waals surface area contributed by atoms with Crippen LogP contribution < -0.4 is 5.32 Å².